The molecular formula is C15H25N3O2S. The predicted octanol–water partition coefficient (Wildman–Crippen LogP) is 1.88. The second-order valence-electron chi connectivity index (χ2n) is 5.67. The molecule has 2 N–H and O–H groups in total. The summed E-state index contributed by atoms with van der Waals surface area (Å²) in [6.07, 6.45) is 2.97. The zero-order valence-corrected chi connectivity index (χ0v) is 13.6. The lowest BCUT2D eigenvalue weighted by atomic mass is 10.1. The van der Waals surface area contributed by atoms with Gasteiger partial charge in [-0.15, -0.1) is 0 Å². The number of sulfonamides is 1. The first-order valence-electron chi connectivity index (χ1n) is 7.56. The lowest BCUT2D eigenvalue weighted by Gasteiger charge is -2.29. The monoisotopic (exact) mass is 311 g/mol. The second kappa shape index (κ2) is 7.24. The summed E-state index contributed by atoms with van der Waals surface area (Å²) in [5, 5.41) is 3.24. The standard InChI is InChI=1S/C15H25N3O2S/c1-3-10-16-13-6-8-15(9-7-13)21(19,20)17-14-5-4-11-18(2)12-14/h6-9,14,16-17H,3-5,10-12H2,1-2H3. The molecule has 0 saturated carbocycles. The minimum Gasteiger partial charge on any atom is -0.385 e. The van der Waals surface area contributed by atoms with E-state index < -0.39 is 10.0 Å². The van der Waals surface area contributed by atoms with E-state index in [-0.39, 0.29) is 6.04 Å². The molecule has 5 nitrogen and oxygen atoms in total. The van der Waals surface area contributed by atoms with Gasteiger partial charge in [-0.25, -0.2) is 13.1 Å². The average molecular weight is 311 g/mol. The van der Waals surface area contributed by atoms with Crippen LogP contribution in [0, 0.1) is 0 Å². The Hall–Kier alpha value is -1.11. The Morgan fingerprint density at radius 3 is 2.62 bits per heavy atom. The van der Waals surface area contributed by atoms with Crippen molar-refractivity contribution in [2.45, 2.75) is 37.1 Å². The maximum atomic E-state index is 12.4. The van der Waals surface area contributed by atoms with Crippen molar-refractivity contribution in [1.82, 2.24) is 9.62 Å². The lowest BCUT2D eigenvalue weighted by molar-refractivity contribution is 0.242. The number of nitrogens with zero attached hydrogens (tertiary/aromatic N) is 1. The number of nitrogens with one attached hydrogen (secondary N) is 2. The summed E-state index contributed by atoms with van der Waals surface area (Å²) in [4.78, 5) is 2.49. The molecular weight excluding hydrogens is 286 g/mol. The molecule has 0 aromatic heterocycles. The Bertz CT molecular complexity index is 543. The molecule has 1 heterocycles. The van der Waals surface area contributed by atoms with Crippen LogP contribution < -0.4 is 10.0 Å². The number of likely N-dealkylation sites (N-methyl/N-ethyl adjacent to an activating group) is 1. The molecule has 0 radical (unpaired) electrons. The first-order valence-corrected chi connectivity index (χ1v) is 9.04. The van der Waals surface area contributed by atoms with Crippen molar-refractivity contribution in [3.05, 3.63) is 24.3 Å². The summed E-state index contributed by atoms with van der Waals surface area (Å²) in [6.45, 7) is 4.79. The SMILES string of the molecule is CCCNc1ccc(S(=O)(=O)NC2CCCN(C)C2)cc1. The molecule has 0 aliphatic carbocycles. The molecule has 0 amide bonds. The Kier molecular flexibility index (Phi) is 5.61. The van der Waals surface area contributed by atoms with Crippen LogP contribution in [0.3, 0.4) is 0 Å². The maximum absolute atomic E-state index is 12.4. The maximum Gasteiger partial charge on any atom is 0.240 e. The van der Waals surface area contributed by atoms with Gasteiger partial charge in [-0.2, -0.15) is 0 Å². The highest BCUT2D eigenvalue weighted by Crippen LogP contribution is 2.16. The van der Waals surface area contributed by atoms with E-state index in [2.05, 4.69) is 21.9 Å². The van der Waals surface area contributed by atoms with E-state index in [0.29, 0.717) is 4.90 Å². The summed E-state index contributed by atoms with van der Waals surface area (Å²) in [5.41, 5.74) is 0.952. The fourth-order valence-corrected chi connectivity index (χ4v) is 3.83. The van der Waals surface area contributed by atoms with E-state index in [9.17, 15) is 8.42 Å². The Balaban J connectivity index is 2.01. The van der Waals surface area contributed by atoms with Crippen molar-refractivity contribution in [1.29, 1.82) is 0 Å². The van der Waals surface area contributed by atoms with Crippen molar-refractivity contribution in [3.63, 3.8) is 0 Å². The highest BCUT2D eigenvalue weighted by Gasteiger charge is 2.23. The number of likely N-dealkylation sites (tertiary alicyclic amines) is 1. The van der Waals surface area contributed by atoms with E-state index >= 15 is 0 Å². The zero-order chi connectivity index (χ0) is 15.3. The largest absolute Gasteiger partial charge is 0.385 e. The fraction of sp³-hybridized carbons (Fsp3) is 0.600. The number of benzene rings is 1. The van der Waals surface area contributed by atoms with Crippen LogP contribution in [0.15, 0.2) is 29.2 Å². The van der Waals surface area contributed by atoms with Gasteiger partial charge in [-0.05, 0) is 57.1 Å². The second-order valence-corrected chi connectivity index (χ2v) is 7.39. The van der Waals surface area contributed by atoms with Crippen LogP contribution >= 0.6 is 0 Å². The number of anilines is 1. The average Bonchev–Trinajstić information content (AvgIpc) is 2.45. The molecule has 6 heteroatoms. The zero-order valence-electron chi connectivity index (χ0n) is 12.8. The lowest BCUT2D eigenvalue weighted by Crippen LogP contribution is -2.46. The van der Waals surface area contributed by atoms with Gasteiger partial charge in [-0.1, -0.05) is 6.92 Å². The summed E-state index contributed by atoms with van der Waals surface area (Å²) < 4.78 is 27.6. The van der Waals surface area contributed by atoms with E-state index in [1.165, 1.54) is 0 Å². The third-order valence-electron chi connectivity index (χ3n) is 3.69. The summed E-state index contributed by atoms with van der Waals surface area (Å²) in [5.74, 6) is 0. The van der Waals surface area contributed by atoms with E-state index in [1.54, 1.807) is 12.1 Å². The van der Waals surface area contributed by atoms with Crippen LogP contribution in [0.5, 0.6) is 0 Å². The van der Waals surface area contributed by atoms with Gasteiger partial charge >= 0.3 is 0 Å². The fourth-order valence-electron chi connectivity index (χ4n) is 2.57. The summed E-state index contributed by atoms with van der Waals surface area (Å²) >= 11 is 0. The topological polar surface area (TPSA) is 61.4 Å². The van der Waals surface area contributed by atoms with Crippen molar-refractivity contribution in [2.75, 3.05) is 32.0 Å². The van der Waals surface area contributed by atoms with E-state index in [4.69, 9.17) is 0 Å². The van der Waals surface area contributed by atoms with Crippen molar-refractivity contribution >= 4 is 15.7 Å². The minimum absolute atomic E-state index is 0.00615. The molecule has 1 saturated heterocycles. The molecule has 21 heavy (non-hydrogen) atoms. The first kappa shape index (κ1) is 16.3. The predicted molar refractivity (Wildman–Crippen MR) is 86.1 cm³/mol. The van der Waals surface area contributed by atoms with Gasteiger partial charge in [0.25, 0.3) is 0 Å². The third-order valence-corrected chi connectivity index (χ3v) is 5.23. The molecule has 1 atom stereocenters. The number of hydrogen-bond donors (Lipinski definition) is 2. The van der Waals surface area contributed by atoms with E-state index in [1.807, 2.05) is 19.2 Å². The first-order chi connectivity index (χ1) is 10.0. The van der Waals surface area contributed by atoms with Gasteiger partial charge < -0.3 is 10.2 Å². The van der Waals surface area contributed by atoms with Gasteiger partial charge in [-0.3, -0.25) is 0 Å². The van der Waals surface area contributed by atoms with Gasteiger partial charge in [0.2, 0.25) is 10.0 Å². The van der Waals surface area contributed by atoms with Gasteiger partial charge in [0.05, 0.1) is 4.90 Å². The Morgan fingerprint density at radius 1 is 1.29 bits per heavy atom. The number of piperidine rings is 1. The molecule has 1 unspecified atom stereocenters. The van der Waals surface area contributed by atoms with Crippen LogP contribution in [-0.2, 0) is 10.0 Å². The molecule has 1 aromatic rings. The van der Waals surface area contributed by atoms with Crippen LogP contribution in [-0.4, -0.2) is 46.0 Å². The summed E-state index contributed by atoms with van der Waals surface area (Å²) in [6, 6.07) is 6.96. The molecule has 0 spiro atoms. The minimum atomic E-state index is -3.43. The van der Waals surface area contributed by atoms with Crippen molar-refractivity contribution < 1.29 is 8.42 Å². The quantitative estimate of drug-likeness (QED) is 0.842. The molecule has 1 aliphatic heterocycles. The molecule has 1 aromatic carbocycles. The Labute approximate surface area is 127 Å². The smallest absolute Gasteiger partial charge is 0.240 e. The van der Waals surface area contributed by atoms with Crippen molar-refractivity contribution in [2.24, 2.45) is 0 Å². The number of hydrogen-bond acceptors (Lipinski definition) is 4. The Morgan fingerprint density at radius 2 is 2.00 bits per heavy atom. The molecule has 1 aliphatic rings. The van der Waals surface area contributed by atoms with Crippen LogP contribution in [0.4, 0.5) is 5.69 Å². The third kappa shape index (κ3) is 4.69. The number of rotatable bonds is 6. The van der Waals surface area contributed by atoms with Crippen molar-refractivity contribution in [3.8, 4) is 0 Å². The van der Waals surface area contributed by atoms with Gasteiger partial charge in [0, 0.05) is 24.8 Å². The molecule has 1 fully saturated rings. The highest BCUT2D eigenvalue weighted by molar-refractivity contribution is 7.89. The normalized spacial score (nSPS) is 20.4. The summed E-state index contributed by atoms with van der Waals surface area (Å²) in [7, 11) is -1.40. The van der Waals surface area contributed by atoms with E-state index in [0.717, 1.165) is 44.6 Å². The highest BCUT2D eigenvalue weighted by atomic mass is 32.2. The van der Waals surface area contributed by atoms with Crippen LogP contribution in [0.1, 0.15) is 26.2 Å². The van der Waals surface area contributed by atoms with Crippen LogP contribution in [0.2, 0.25) is 0 Å². The van der Waals surface area contributed by atoms with Crippen LogP contribution in [0.25, 0.3) is 0 Å². The molecule has 2 rings (SSSR count). The van der Waals surface area contributed by atoms with Gasteiger partial charge in [0.15, 0.2) is 0 Å². The molecule has 0 bridgehead atoms. The van der Waals surface area contributed by atoms with Gasteiger partial charge in [0.1, 0.15) is 0 Å². The molecule has 118 valence electrons.